The molecule has 0 unspecified atom stereocenters. The van der Waals surface area contributed by atoms with E-state index in [1.807, 2.05) is 66.0 Å². The average Bonchev–Trinajstić information content (AvgIpc) is 3.50. The summed E-state index contributed by atoms with van der Waals surface area (Å²) in [7, 11) is 1.63. The number of thiazole rings is 1. The molecule has 0 aliphatic heterocycles. The summed E-state index contributed by atoms with van der Waals surface area (Å²) in [6.45, 7) is 4.71. The van der Waals surface area contributed by atoms with Crippen molar-refractivity contribution in [3.8, 4) is 23.0 Å². The Balaban J connectivity index is 1.59. The second kappa shape index (κ2) is 10.5. The summed E-state index contributed by atoms with van der Waals surface area (Å²) in [5.41, 5.74) is 2.79. The molecule has 162 valence electrons. The highest BCUT2D eigenvalue weighted by Gasteiger charge is 2.10. The number of rotatable bonds is 9. The maximum Gasteiger partial charge on any atom is 0.206 e. The highest BCUT2D eigenvalue weighted by atomic mass is 32.1. The number of hydrogen-bond donors (Lipinski definition) is 0. The molecule has 32 heavy (non-hydrogen) atoms. The van der Waals surface area contributed by atoms with Gasteiger partial charge >= 0.3 is 0 Å². The van der Waals surface area contributed by atoms with Gasteiger partial charge in [-0.2, -0.15) is 5.10 Å². The highest BCUT2D eigenvalue weighted by molar-refractivity contribution is 7.07. The van der Waals surface area contributed by atoms with E-state index in [4.69, 9.17) is 13.9 Å². The van der Waals surface area contributed by atoms with E-state index in [1.165, 1.54) is 11.3 Å². The van der Waals surface area contributed by atoms with Crippen molar-refractivity contribution in [3.63, 3.8) is 0 Å². The Kier molecular flexibility index (Phi) is 6.99. The Morgan fingerprint density at radius 1 is 1.09 bits per heavy atom. The minimum Gasteiger partial charge on any atom is -0.493 e. The van der Waals surface area contributed by atoms with Crippen molar-refractivity contribution in [1.82, 2.24) is 4.68 Å². The lowest BCUT2D eigenvalue weighted by Crippen LogP contribution is -2.12. The molecule has 0 atom stereocenters. The lowest BCUT2D eigenvalue weighted by atomic mass is 10.2. The topological polar surface area (TPSA) is 61.2 Å². The molecule has 6 nitrogen and oxygen atoms in total. The summed E-state index contributed by atoms with van der Waals surface area (Å²) >= 11 is 1.49. The van der Waals surface area contributed by atoms with Gasteiger partial charge in [0.15, 0.2) is 17.3 Å². The van der Waals surface area contributed by atoms with Gasteiger partial charge in [0.25, 0.3) is 0 Å². The fourth-order valence-corrected chi connectivity index (χ4v) is 3.83. The van der Waals surface area contributed by atoms with Crippen LogP contribution in [0.25, 0.3) is 11.5 Å². The van der Waals surface area contributed by atoms with Crippen molar-refractivity contribution < 1.29 is 13.9 Å². The van der Waals surface area contributed by atoms with Gasteiger partial charge in [-0.1, -0.05) is 36.4 Å². The van der Waals surface area contributed by atoms with E-state index in [9.17, 15) is 0 Å². The van der Waals surface area contributed by atoms with Gasteiger partial charge in [-0.3, -0.25) is 4.99 Å². The smallest absolute Gasteiger partial charge is 0.206 e. The first-order valence-corrected chi connectivity index (χ1v) is 10.9. The predicted molar refractivity (Wildman–Crippen MR) is 127 cm³/mol. The maximum atomic E-state index is 5.94. The molecular weight excluding hydrogens is 422 g/mol. The van der Waals surface area contributed by atoms with Crippen LogP contribution in [-0.2, 0) is 6.61 Å². The summed E-state index contributed by atoms with van der Waals surface area (Å²) in [6, 6.07) is 19.5. The molecule has 2 aromatic carbocycles. The summed E-state index contributed by atoms with van der Waals surface area (Å²) < 4.78 is 18.8. The molecule has 0 bridgehead atoms. The Labute approximate surface area is 190 Å². The molecule has 0 saturated carbocycles. The summed E-state index contributed by atoms with van der Waals surface area (Å²) in [5.74, 6) is 2.04. The summed E-state index contributed by atoms with van der Waals surface area (Å²) in [5, 5.41) is 6.63. The number of furan rings is 1. The van der Waals surface area contributed by atoms with Gasteiger partial charge < -0.3 is 13.9 Å². The second-order valence-corrected chi connectivity index (χ2v) is 7.59. The Bertz CT molecular complexity index is 1260. The monoisotopic (exact) mass is 445 g/mol. The normalized spacial score (nSPS) is 11.7. The molecular formula is C25H23N3O3S. The SMILES string of the molecule is C=CCN=c1scc(-c2ccco2)n1N=Cc1ccc(OCc2ccccc2)c(OC)c1. The molecule has 4 rings (SSSR count). The third kappa shape index (κ3) is 5.07. The van der Waals surface area contributed by atoms with Gasteiger partial charge in [-0.15, -0.1) is 17.9 Å². The van der Waals surface area contributed by atoms with E-state index < -0.39 is 0 Å². The van der Waals surface area contributed by atoms with E-state index in [0.717, 1.165) is 27.4 Å². The van der Waals surface area contributed by atoms with Crippen molar-refractivity contribution in [2.45, 2.75) is 6.61 Å². The minimum atomic E-state index is 0.468. The zero-order chi connectivity index (χ0) is 22.2. The summed E-state index contributed by atoms with van der Waals surface area (Å²) in [6.07, 6.45) is 5.15. The van der Waals surface area contributed by atoms with Crippen LogP contribution >= 0.6 is 11.3 Å². The molecule has 0 fully saturated rings. The van der Waals surface area contributed by atoms with Crippen LogP contribution in [0.15, 0.2) is 99.5 Å². The Hall–Kier alpha value is -3.84. The molecule has 0 N–H and O–H groups in total. The fourth-order valence-electron chi connectivity index (χ4n) is 3.00. The van der Waals surface area contributed by atoms with Gasteiger partial charge in [-0.25, -0.2) is 4.68 Å². The molecule has 0 aliphatic carbocycles. The van der Waals surface area contributed by atoms with Crippen LogP contribution in [0.1, 0.15) is 11.1 Å². The molecule has 4 aromatic rings. The first-order chi connectivity index (χ1) is 15.8. The maximum absolute atomic E-state index is 5.94. The number of methoxy groups -OCH3 is 1. The summed E-state index contributed by atoms with van der Waals surface area (Å²) in [4.78, 5) is 5.28. The number of nitrogens with zero attached hydrogens (tertiary/aromatic N) is 3. The van der Waals surface area contributed by atoms with Crippen molar-refractivity contribution >= 4 is 17.6 Å². The molecule has 0 saturated heterocycles. The first kappa shape index (κ1) is 21.4. The third-order valence-corrected chi connectivity index (χ3v) is 5.42. The lowest BCUT2D eigenvalue weighted by molar-refractivity contribution is 0.284. The zero-order valence-corrected chi connectivity index (χ0v) is 18.5. The number of ether oxygens (including phenoxy) is 2. The molecule has 0 radical (unpaired) electrons. The van der Waals surface area contributed by atoms with Crippen LogP contribution in [0.4, 0.5) is 0 Å². The van der Waals surface area contributed by atoms with Crippen LogP contribution in [0, 0.1) is 0 Å². The van der Waals surface area contributed by atoms with Crippen molar-refractivity contribution in [2.24, 2.45) is 10.1 Å². The van der Waals surface area contributed by atoms with Gasteiger partial charge in [0.2, 0.25) is 4.80 Å². The fraction of sp³-hybridized carbons (Fsp3) is 0.120. The van der Waals surface area contributed by atoms with Crippen LogP contribution in [0.3, 0.4) is 0 Å². The standard InChI is InChI=1S/C25H23N3O3S/c1-3-13-26-25-28(21(18-32-25)22-10-7-14-30-22)27-16-20-11-12-23(24(15-20)29-2)31-17-19-8-5-4-6-9-19/h3-12,14-16,18H,1,13,17H2,2H3. The lowest BCUT2D eigenvalue weighted by Gasteiger charge is -2.11. The van der Waals surface area contributed by atoms with Crippen LogP contribution in [0.5, 0.6) is 11.5 Å². The van der Waals surface area contributed by atoms with Gasteiger partial charge in [0.1, 0.15) is 12.3 Å². The third-order valence-electron chi connectivity index (χ3n) is 4.56. The largest absolute Gasteiger partial charge is 0.493 e. The molecule has 2 heterocycles. The van der Waals surface area contributed by atoms with Crippen molar-refractivity contribution in [1.29, 1.82) is 0 Å². The molecule has 2 aromatic heterocycles. The second-order valence-electron chi connectivity index (χ2n) is 6.75. The van der Waals surface area contributed by atoms with Gasteiger partial charge in [0.05, 0.1) is 26.1 Å². The van der Waals surface area contributed by atoms with E-state index in [-0.39, 0.29) is 0 Å². The van der Waals surface area contributed by atoms with Crippen molar-refractivity contribution in [2.75, 3.05) is 13.7 Å². The molecule has 0 aliphatic rings. The zero-order valence-electron chi connectivity index (χ0n) is 17.7. The highest BCUT2D eigenvalue weighted by Crippen LogP contribution is 2.28. The van der Waals surface area contributed by atoms with Crippen LogP contribution in [0.2, 0.25) is 0 Å². The Morgan fingerprint density at radius 3 is 2.72 bits per heavy atom. The quantitative estimate of drug-likeness (QED) is 0.257. The van der Waals surface area contributed by atoms with Crippen LogP contribution in [-0.4, -0.2) is 24.5 Å². The van der Waals surface area contributed by atoms with Gasteiger partial charge in [-0.05, 0) is 41.5 Å². The van der Waals surface area contributed by atoms with E-state index in [0.29, 0.717) is 24.7 Å². The van der Waals surface area contributed by atoms with Gasteiger partial charge in [0, 0.05) is 5.38 Å². The predicted octanol–water partition coefficient (Wildman–Crippen LogP) is 5.37. The molecule has 0 spiro atoms. The molecule has 0 amide bonds. The van der Waals surface area contributed by atoms with E-state index in [1.54, 1.807) is 30.3 Å². The molecule has 7 heteroatoms. The van der Waals surface area contributed by atoms with E-state index in [2.05, 4.69) is 16.7 Å². The van der Waals surface area contributed by atoms with Crippen LogP contribution < -0.4 is 14.3 Å². The van der Waals surface area contributed by atoms with Crippen molar-refractivity contribution in [3.05, 3.63) is 101 Å². The number of benzene rings is 2. The first-order valence-electron chi connectivity index (χ1n) is 10.0. The van der Waals surface area contributed by atoms with E-state index >= 15 is 0 Å². The number of hydrogen-bond acceptors (Lipinski definition) is 6. The average molecular weight is 446 g/mol. The Morgan fingerprint density at radius 2 is 1.97 bits per heavy atom. The minimum absolute atomic E-state index is 0.468. The number of aromatic nitrogens is 1.